The third-order valence-electron chi connectivity index (χ3n) is 4.22. The molecule has 2 heteroatoms. The molecule has 0 radical (unpaired) electrons. The first-order valence-corrected chi connectivity index (χ1v) is 7.15. The van der Waals surface area contributed by atoms with Gasteiger partial charge in [0.15, 0.2) is 0 Å². The second kappa shape index (κ2) is 5.85. The largest absolute Gasteiger partial charge is 0.304 e. The van der Waals surface area contributed by atoms with E-state index in [0.29, 0.717) is 12.1 Å². The molecule has 0 bridgehead atoms. The average molecular weight is 246 g/mol. The van der Waals surface area contributed by atoms with E-state index in [0.717, 1.165) is 6.42 Å². The predicted octanol–water partition coefficient (Wildman–Crippen LogP) is 2.95. The number of nitrogens with zero attached hydrogens (tertiary/aromatic N) is 2. The molecule has 1 aliphatic rings. The molecule has 1 aromatic carbocycles. The van der Waals surface area contributed by atoms with Gasteiger partial charge in [0.2, 0.25) is 0 Å². The van der Waals surface area contributed by atoms with Crippen LogP contribution in [0.5, 0.6) is 0 Å². The number of hydrogen-bond donors (Lipinski definition) is 0. The molecule has 18 heavy (non-hydrogen) atoms. The molecule has 0 saturated carbocycles. The van der Waals surface area contributed by atoms with Crippen molar-refractivity contribution in [3.05, 3.63) is 35.4 Å². The lowest BCUT2D eigenvalue weighted by atomic mass is 10.0. The Morgan fingerprint density at radius 1 is 1.33 bits per heavy atom. The Morgan fingerprint density at radius 2 is 2.11 bits per heavy atom. The zero-order chi connectivity index (χ0) is 13.1. The number of piperazine rings is 1. The van der Waals surface area contributed by atoms with Gasteiger partial charge in [0.25, 0.3) is 0 Å². The summed E-state index contributed by atoms with van der Waals surface area (Å²) in [6.07, 6.45) is 1.12. The third kappa shape index (κ3) is 2.93. The topological polar surface area (TPSA) is 6.48 Å². The fourth-order valence-electron chi connectivity index (χ4n) is 2.99. The zero-order valence-electron chi connectivity index (χ0n) is 12.2. The molecule has 1 unspecified atom stereocenters. The first-order valence-electron chi connectivity index (χ1n) is 7.15. The van der Waals surface area contributed by atoms with E-state index in [-0.39, 0.29) is 0 Å². The normalized spacial score (nSPS) is 24.1. The number of benzene rings is 1. The van der Waals surface area contributed by atoms with Gasteiger partial charge in [0.05, 0.1) is 0 Å². The van der Waals surface area contributed by atoms with Crippen molar-refractivity contribution in [2.24, 2.45) is 0 Å². The molecule has 2 rings (SSSR count). The van der Waals surface area contributed by atoms with Crippen LogP contribution in [-0.2, 0) is 6.42 Å². The van der Waals surface area contributed by atoms with Gasteiger partial charge >= 0.3 is 0 Å². The summed E-state index contributed by atoms with van der Waals surface area (Å²) in [5.74, 6) is 0. The minimum absolute atomic E-state index is 0.528. The van der Waals surface area contributed by atoms with Gasteiger partial charge in [-0.1, -0.05) is 31.2 Å². The first-order chi connectivity index (χ1) is 8.61. The van der Waals surface area contributed by atoms with Gasteiger partial charge in [0.1, 0.15) is 0 Å². The Labute approximate surface area is 112 Å². The van der Waals surface area contributed by atoms with Crippen molar-refractivity contribution >= 4 is 0 Å². The van der Waals surface area contributed by atoms with Crippen LogP contribution in [0.3, 0.4) is 0 Å². The van der Waals surface area contributed by atoms with E-state index in [4.69, 9.17) is 0 Å². The van der Waals surface area contributed by atoms with Crippen LogP contribution in [0.15, 0.2) is 24.3 Å². The minimum atomic E-state index is 0.528. The highest BCUT2D eigenvalue weighted by Gasteiger charge is 2.26. The standard InChI is InChI=1S/C16H26N2/c1-5-15-7-6-8-16(11-15)14(3)18-10-9-17(4)12-13(18)2/h6-8,11,13-14H,5,9-10,12H2,1-4H3/t13-,14?/m1/s1. The number of likely N-dealkylation sites (N-methyl/N-ethyl adjacent to an activating group) is 1. The fourth-order valence-corrected chi connectivity index (χ4v) is 2.99. The van der Waals surface area contributed by atoms with E-state index in [1.807, 2.05) is 0 Å². The number of hydrogen-bond acceptors (Lipinski definition) is 2. The Hall–Kier alpha value is -0.860. The van der Waals surface area contributed by atoms with Gasteiger partial charge < -0.3 is 4.90 Å². The van der Waals surface area contributed by atoms with Crippen LogP contribution in [0.2, 0.25) is 0 Å². The van der Waals surface area contributed by atoms with E-state index < -0.39 is 0 Å². The smallest absolute Gasteiger partial charge is 0.0323 e. The van der Waals surface area contributed by atoms with Crippen LogP contribution in [0.25, 0.3) is 0 Å². The predicted molar refractivity (Wildman–Crippen MR) is 77.9 cm³/mol. The Morgan fingerprint density at radius 3 is 2.78 bits per heavy atom. The van der Waals surface area contributed by atoms with E-state index in [1.54, 1.807) is 0 Å². The maximum Gasteiger partial charge on any atom is 0.0323 e. The number of rotatable bonds is 3. The second-order valence-electron chi connectivity index (χ2n) is 5.62. The van der Waals surface area contributed by atoms with Crippen molar-refractivity contribution in [2.45, 2.75) is 39.3 Å². The minimum Gasteiger partial charge on any atom is -0.304 e. The first kappa shape index (κ1) is 13.6. The van der Waals surface area contributed by atoms with Crippen LogP contribution < -0.4 is 0 Å². The van der Waals surface area contributed by atoms with Crippen molar-refractivity contribution in [3.8, 4) is 0 Å². The van der Waals surface area contributed by atoms with Gasteiger partial charge in [-0.25, -0.2) is 0 Å². The summed E-state index contributed by atoms with van der Waals surface area (Å²) in [6.45, 7) is 10.4. The molecular weight excluding hydrogens is 220 g/mol. The van der Waals surface area contributed by atoms with E-state index in [2.05, 4.69) is 61.9 Å². The van der Waals surface area contributed by atoms with Gasteiger partial charge in [-0.3, -0.25) is 4.90 Å². The highest BCUT2D eigenvalue weighted by atomic mass is 15.3. The maximum absolute atomic E-state index is 2.63. The molecular formula is C16H26N2. The summed E-state index contributed by atoms with van der Waals surface area (Å²) in [7, 11) is 2.22. The lowest BCUT2D eigenvalue weighted by Crippen LogP contribution is -2.51. The molecule has 0 spiro atoms. The Bertz CT molecular complexity index is 388. The van der Waals surface area contributed by atoms with E-state index >= 15 is 0 Å². The maximum atomic E-state index is 2.63. The van der Waals surface area contributed by atoms with E-state index in [1.165, 1.54) is 30.8 Å². The molecule has 0 aliphatic carbocycles. The highest BCUT2D eigenvalue weighted by Crippen LogP contribution is 2.25. The van der Waals surface area contributed by atoms with Crippen molar-refractivity contribution in [1.82, 2.24) is 9.80 Å². The van der Waals surface area contributed by atoms with Gasteiger partial charge in [-0.2, -0.15) is 0 Å². The quantitative estimate of drug-likeness (QED) is 0.809. The van der Waals surface area contributed by atoms with Crippen molar-refractivity contribution < 1.29 is 0 Å². The van der Waals surface area contributed by atoms with Crippen LogP contribution in [-0.4, -0.2) is 42.5 Å². The monoisotopic (exact) mass is 246 g/mol. The SMILES string of the molecule is CCc1cccc(C(C)N2CCN(C)C[C@H]2C)c1. The summed E-state index contributed by atoms with van der Waals surface area (Å²) in [5.41, 5.74) is 2.91. The van der Waals surface area contributed by atoms with Gasteiger partial charge in [-0.15, -0.1) is 0 Å². The lowest BCUT2D eigenvalue weighted by molar-refractivity contribution is 0.0673. The van der Waals surface area contributed by atoms with Crippen LogP contribution >= 0.6 is 0 Å². The van der Waals surface area contributed by atoms with Gasteiger partial charge in [0, 0.05) is 31.7 Å². The molecule has 100 valence electrons. The summed E-state index contributed by atoms with van der Waals surface area (Å²) < 4.78 is 0. The molecule has 0 N–H and O–H groups in total. The Kier molecular flexibility index (Phi) is 4.41. The molecule has 0 aromatic heterocycles. The van der Waals surface area contributed by atoms with Crippen LogP contribution in [0, 0.1) is 0 Å². The fraction of sp³-hybridized carbons (Fsp3) is 0.625. The molecule has 1 saturated heterocycles. The molecule has 1 heterocycles. The van der Waals surface area contributed by atoms with Crippen molar-refractivity contribution in [2.75, 3.05) is 26.7 Å². The molecule has 2 nitrogen and oxygen atoms in total. The van der Waals surface area contributed by atoms with Gasteiger partial charge in [-0.05, 0) is 38.4 Å². The summed E-state index contributed by atoms with van der Waals surface area (Å²) in [4.78, 5) is 5.06. The molecule has 1 aliphatic heterocycles. The van der Waals surface area contributed by atoms with Crippen molar-refractivity contribution in [1.29, 1.82) is 0 Å². The van der Waals surface area contributed by atoms with E-state index in [9.17, 15) is 0 Å². The summed E-state index contributed by atoms with van der Waals surface area (Å²) in [5, 5.41) is 0. The lowest BCUT2D eigenvalue weighted by Gasteiger charge is -2.42. The molecule has 1 fully saturated rings. The highest BCUT2D eigenvalue weighted by molar-refractivity contribution is 5.26. The second-order valence-corrected chi connectivity index (χ2v) is 5.62. The van der Waals surface area contributed by atoms with Crippen LogP contribution in [0.4, 0.5) is 0 Å². The molecule has 1 aromatic rings. The van der Waals surface area contributed by atoms with Crippen molar-refractivity contribution in [3.63, 3.8) is 0 Å². The molecule has 2 atom stereocenters. The van der Waals surface area contributed by atoms with Crippen LogP contribution in [0.1, 0.15) is 37.9 Å². The summed E-state index contributed by atoms with van der Waals surface area (Å²) >= 11 is 0. The number of aryl methyl sites for hydroxylation is 1. The average Bonchev–Trinajstić information content (AvgIpc) is 2.38. The zero-order valence-corrected chi connectivity index (χ0v) is 12.2. The third-order valence-corrected chi connectivity index (χ3v) is 4.22. The Balaban J connectivity index is 2.12. The summed E-state index contributed by atoms with van der Waals surface area (Å²) in [6, 6.07) is 10.2. The molecule has 0 amide bonds.